The van der Waals surface area contributed by atoms with Gasteiger partial charge in [-0.05, 0) is 71.1 Å². The minimum Gasteiger partial charge on any atom is -0.444 e. The first-order chi connectivity index (χ1) is 17.6. The molecule has 0 spiro atoms. The first-order valence-electron chi connectivity index (χ1n) is 12.8. The van der Waals surface area contributed by atoms with Gasteiger partial charge in [-0.25, -0.2) is 4.79 Å². The molecular weight excluding hydrogens is 480 g/mol. The Morgan fingerprint density at radius 2 is 1.55 bits per heavy atom. The molecule has 0 fully saturated rings. The number of aryl methyl sites for hydroxylation is 4. The van der Waals surface area contributed by atoms with Crippen molar-refractivity contribution < 1.29 is 19.1 Å². The number of hydrogen-bond donors (Lipinski definition) is 2. The van der Waals surface area contributed by atoms with Gasteiger partial charge >= 0.3 is 6.09 Å². The molecule has 2 atom stereocenters. The molecule has 2 N–H and O–H groups in total. The number of benzene rings is 2. The highest BCUT2D eigenvalue weighted by molar-refractivity contribution is 6.00. The van der Waals surface area contributed by atoms with E-state index in [2.05, 4.69) is 10.6 Å². The van der Waals surface area contributed by atoms with E-state index >= 15 is 0 Å². The number of nitrogens with zero attached hydrogens (tertiary/aromatic N) is 2. The molecule has 8 nitrogen and oxygen atoms in total. The highest BCUT2D eigenvalue weighted by Crippen LogP contribution is 2.28. The third-order valence-corrected chi connectivity index (χ3v) is 5.98. The van der Waals surface area contributed by atoms with E-state index in [1.807, 2.05) is 70.2 Å². The number of anilines is 1. The second kappa shape index (κ2) is 12.6. The maximum Gasteiger partial charge on any atom is 0.408 e. The van der Waals surface area contributed by atoms with Crippen LogP contribution in [0.5, 0.6) is 0 Å². The number of para-hydroxylation sites is 1. The summed E-state index contributed by atoms with van der Waals surface area (Å²) in [5.41, 5.74) is 4.07. The van der Waals surface area contributed by atoms with E-state index in [9.17, 15) is 19.6 Å². The maximum atomic E-state index is 14.0. The van der Waals surface area contributed by atoms with E-state index in [1.165, 1.54) is 4.90 Å². The van der Waals surface area contributed by atoms with Gasteiger partial charge in [0.1, 0.15) is 24.2 Å². The van der Waals surface area contributed by atoms with Gasteiger partial charge in [0.25, 0.3) is 5.91 Å². The second-order valence-electron chi connectivity index (χ2n) is 11.1. The number of nitrogens with one attached hydrogen (secondary N) is 2. The third-order valence-electron chi connectivity index (χ3n) is 5.98. The third kappa shape index (κ3) is 8.07. The molecule has 0 aliphatic heterocycles. The molecule has 0 heterocycles. The zero-order valence-corrected chi connectivity index (χ0v) is 23.9. The van der Waals surface area contributed by atoms with Crippen molar-refractivity contribution in [1.82, 2.24) is 10.2 Å². The molecule has 3 amide bonds. The normalized spacial score (nSPS) is 12.8. The minimum absolute atomic E-state index is 0.335. The quantitative estimate of drug-likeness (QED) is 0.446. The zero-order valence-electron chi connectivity index (χ0n) is 23.9. The van der Waals surface area contributed by atoms with Crippen molar-refractivity contribution in [2.75, 3.05) is 11.9 Å². The number of carbonyl (C=O) groups excluding carboxylic acids is 3. The fourth-order valence-electron chi connectivity index (χ4n) is 4.34. The number of nitriles is 1. The van der Waals surface area contributed by atoms with E-state index in [4.69, 9.17) is 4.74 Å². The van der Waals surface area contributed by atoms with Crippen molar-refractivity contribution >= 4 is 23.6 Å². The summed E-state index contributed by atoms with van der Waals surface area (Å²) in [6.45, 7) is 16.0. The summed E-state index contributed by atoms with van der Waals surface area (Å²) in [4.78, 5) is 41.7. The second-order valence-corrected chi connectivity index (χ2v) is 11.1. The lowest BCUT2D eigenvalue weighted by atomic mass is 9.96. The fourth-order valence-corrected chi connectivity index (χ4v) is 4.34. The van der Waals surface area contributed by atoms with Crippen LogP contribution in [0.1, 0.15) is 68.5 Å². The van der Waals surface area contributed by atoms with Crippen LogP contribution in [0, 0.1) is 44.9 Å². The first-order valence-corrected chi connectivity index (χ1v) is 12.8. The van der Waals surface area contributed by atoms with Crippen LogP contribution in [0.4, 0.5) is 10.5 Å². The van der Waals surface area contributed by atoms with Gasteiger partial charge in [-0.1, -0.05) is 61.4 Å². The van der Waals surface area contributed by atoms with Crippen LogP contribution in [0.15, 0.2) is 36.4 Å². The average molecular weight is 521 g/mol. The van der Waals surface area contributed by atoms with Crippen molar-refractivity contribution in [3.05, 3.63) is 64.2 Å². The van der Waals surface area contributed by atoms with Gasteiger partial charge in [0.2, 0.25) is 5.91 Å². The van der Waals surface area contributed by atoms with Gasteiger partial charge in [-0.2, -0.15) is 5.26 Å². The van der Waals surface area contributed by atoms with Gasteiger partial charge in [-0.3, -0.25) is 9.59 Å². The lowest BCUT2D eigenvalue weighted by Gasteiger charge is -2.34. The predicted octanol–water partition coefficient (Wildman–Crippen LogP) is 5.50. The molecule has 0 saturated carbocycles. The molecule has 0 aliphatic rings. The van der Waals surface area contributed by atoms with E-state index in [0.29, 0.717) is 11.3 Å². The highest BCUT2D eigenvalue weighted by atomic mass is 16.6. The van der Waals surface area contributed by atoms with Crippen LogP contribution < -0.4 is 10.6 Å². The molecule has 8 heteroatoms. The number of ether oxygens (including phenoxy) is 1. The molecule has 204 valence electrons. The number of carbonyl (C=O) groups is 3. The van der Waals surface area contributed by atoms with Crippen LogP contribution in [0.2, 0.25) is 0 Å². The van der Waals surface area contributed by atoms with Crippen molar-refractivity contribution in [1.29, 1.82) is 5.26 Å². The largest absolute Gasteiger partial charge is 0.444 e. The molecular formula is C30H40N4O4. The predicted molar refractivity (Wildman–Crippen MR) is 149 cm³/mol. The topological polar surface area (TPSA) is 112 Å². The average Bonchev–Trinajstić information content (AvgIpc) is 2.77. The van der Waals surface area contributed by atoms with Gasteiger partial charge in [0, 0.05) is 5.69 Å². The van der Waals surface area contributed by atoms with Gasteiger partial charge in [0.15, 0.2) is 0 Å². The Labute approximate surface area is 226 Å². The monoisotopic (exact) mass is 520 g/mol. The lowest BCUT2D eigenvalue weighted by Crippen LogP contribution is -2.54. The molecule has 0 bridgehead atoms. The van der Waals surface area contributed by atoms with Crippen molar-refractivity contribution in [3.63, 3.8) is 0 Å². The summed E-state index contributed by atoms with van der Waals surface area (Å²) in [6.07, 6.45) is -0.746. The summed E-state index contributed by atoms with van der Waals surface area (Å²) in [6, 6.07) is 11.3. The Morgan fingerprint density at radius 3 is 2.03 bits per heavy atom. The zero-order chi connectivity index (χ0) is 28.8. The molecule has 38 heavy (non-hydrogen) atoms. The molecule has 0 aliphatic carbocycles. The molecule has 0 aromatic heterocycles. The van der Waals surface area contributed by atoms with Crippen LogP contribution in [-0.4, -0.2) is 41.0 Å². The summed E-state index contributed by atoms with van der Waals surface area (Å²) in [7, 11) is 0. The Balaban J connectivity index is 2.59. The van der Waals surface area contributed by atoms with Crippen molar-refractivity contribution in [3.8, 4) is 6.07 Å². The smallest absolute Gasteiger partial charge is 0.408 e. The minimum atomic E-state index is -1.11. The summed E-state index contributed by atoms with van der Waals surface area (Å²) in [5.74, 6) is -1.33. The summed E-state index contributed by atoms with van der Waals surface area (Å²) < 4.78 is 5.37. The number of hydrogen-bond acceptors (Lipinski definition) is 5. The van der Waals surface area contributed by atoms with Crippen LogP contribution in [0.25, 0.3) is 0 Å². The molecule has 2 unspecified atom stereocenters. The van der Waals surface area contributed by atoms with Gasteiger partial charge in [0.05, 0.1) is 6.07 Å². The van der Waals surface area contributed by atoms with Crippen molar-refractivity contribution in [2.45, 2.75) is 80.0 Å². The standard InChI is InChI=1S/C30H40N4O4/c1-18(2)24(33-29(37)38-30(7,8)9)28(36)34(14-13-31)26(23-16-19(3)15-20(4)17-23)27(35)32-25-21(5)11-10-12-22(25)6/h10-12,15-18,24,26H,14H2,1-9H3,(H,32,35)(H,33,37). The molecule has 2 aromatic carbocycles. The van der Waals surface area contributed by atoms with Crippen LogP contribution >= 0.6 is 0 Å². The molecule has 0 saturated heterocycles. The van der Waals surface area contributed by atoms with Crippen LogP contribution in [-0.2, 0) is 14.3 Å². The van der Waals surface area contributed by atoms with Gasteiger partial charge < -0.3 is 20.3 Å². The van der Waals surface area contributed by atoms with Crippen LogP contribution in [0.3, 0.4) is 0 Å². The van der Waals surface area contributed by atoms with Gasteiger partial charge in [-0.15, -0.1) is 0 Å². The summed E-state index contributed by atoms with van der Waals surface area (Å²) in [5, 5.41) is 15.4. The Kier molecular flexibility index (Phi) is 10.1. The number of rotatable bonds is 8. The number of amides is 3. The SMILES string of the molecule is Cc1cc(C)cc(C(C(=O)Nc2c(C)cccc2C)N(CC#N)C(=O)C(NC(=O)OC(C)(C)C)C(C)C)c1. The molecule has 2 rings (SSSR count). The van der Waals surface area contributed by atoms with E-state index in [-0.39, 0.29) is 12.5 Å². The van der Waals surface area contributed by atoms with E-state index < -0.39 is 35.6 Å². The van der Waals surface area contributed by atoms with E-state index in [0.717, 1.165) is 22.3 Å². The fraction of sp³-hybridized carbons (Fsp3) is 0.467. The first kappa shape index (κ1) is 30.4. The highest BCUT2D eigenvalue weighted by Gasteiger charge is 2.38. The molecule has 2 aromatic rings. The van der Waals surface area contributed by atoms with Crippen molar-refractivity contribution in [2.24, 2.45) is 5.92 Å². The Bertz CT molecular complexity index is 1180. The molecule has 0 radical (unpaired) electrons. The Morgan fingerprint density at radius 1 is 1.00 bits per heavy atom. The maximum absolute atomic E-state index is 14.0. The lowest BCUT2D eigenvalue weighted by molar-refractivity contribution is -0.140. The van der Waals surface area contributed by atoms with E-state index in [1.54, 1.807) is 34.6 Å². The number of alkyl carbamates (subject to hydrolysis) is 1. The summed E-state index contributed by atoms with van der Waals surface area (Å²) >= 11 is 0. The Hall–Kier alpha value is -3.86.